The van der Waals surface area contributed by atoms with Crippen molar-refractivity contribution in [2.24, 2.45) is 5.41 Å². The van der Waals surface area contributed by atoms with Crippen LogP contribution in [0.25, 0.3) is 0 Å². The Morgan fingerprint density at radius 1 is 0.800 bits per heavy atom. The van der Waals surface area contributed by atoms with Gasteiger partial charge >= 0.3 is 0 Å². The monoisotopic (exact) mass is 404 g/mol. The minimum absolute atomic E-state index is 0.0440. The standard InChI is InChI=1S/C29H40O/c1-25(2,3)21-17-22(26(4,5)6)24-23(18-21)29(27(7,8)9)16-15-28(24,30-29)19-20-13-11-10-12-14-20/h10-14,17-18H,15-16,19H2,1-9H3. The minimum atomic E-state index is -0.219. The highest BCUT2D eigenvalue weighted by Crippen LogP contribution is 2.67. The van der Waals surface area contributed by atoms with Crippen LogP contribution < -0.4 is 0 Å². The molecule has 2 unspecified atom stereocenters. The maximum absolute atomic E-state index is 7.29. The fourth-order valence-electron chi connectivity index (χ4n) is 5.73. The first-order chi connectivity index (χ1) is 13.7. The van der Waals surface area contributed by atoms with E-state index in [2.05, 4.69) is 105 Å². The lowest BCUT2D eigenvalue weighted by Gasteiger charge is -2.41. The Kier molecular flexibility index (Phi) is 4.65. The van der Waals surface area contributed by atoms with Gasteiger partial charge in [0.1, 0.15) is 0 Å². The summed E-state index contributed by atoms with van der Waals surface area (Å²) in [5.74, 6) is 0. The SMILES string of the molecule is CC(C)(C)c1cc(C(C)(C)C)c2c(c1)C1(C(C)(C)C)CCC2(Cc2ccccc2)O1. The molecule has 4 rings (SSSR count). The molecule has 0 aliphatic carbocycles. The molecule has 162 valence electrons. The van der Waals surface area contributed by atoms with Gasteiger partial charge < -0.3 is 4.74 Å². The van der Waals surface area contributed by atoms with Crippen molar-refractivity contribution in [3.8, 4) is 0 Å². The number of fused-ring (bicyclic) bond motifs is 5. The van der Waals surface area contributed by atoms with Crippen LogP contribution in [0.3, 0.4) is 0 Å². The summed E-state index contributed by atoms with van der Waals surface area (Å²) < 4.78 is 7.29. The van der Waals surface area contributed by atoms with Crippen LogP contribution in [-0.4, -0.2) is 0 Å². The van der Waals surface area contributed by atoms with Crippen molar-refractivity contribution >= 4 is 0 Å². The van der Waals surface area contributed by atoms with E-state index in [1.807, 2.05) is 0 Å². The summed E-state index contributed by atoms with van der Waals surface area (Å²) in [5, 5.41) is 0. The van der Waals surface area contributed by atoms with Gasteiger partial charge in [0, 0.05) is 6.42 Å². The van der Waals surface area contributed by atoms with Gasteiger partial charge in [-0.2, -0.15) is 0 Å². The molecule has 1 nitrogen and oxygen atoms in total. The second-order valence-electron chi connectivity index (χ2n) is 12.8. The molecule has 1 saturated heterocycles. The van der Waals surface area contributed by atoms with Crippen molar-refractivity contribution in [3.05, 3.63) is 70.3 Å². The van der Waals surface area contributed by atoms with Crippen LogP contribution in [-0.2, 0) is 33.2 Å². The first kappa shape index (κ1) is 21.6. The fourth-order valence-corrected chi connectivity index (χ4v) is 5.73. The molecule has 2 aromatic carbocycles. The fraction of sp³-hybridized carbons (Fsp3) is 0.586. The molecule has 2 heterocycles. The van der Waals surface area contributed by atoms with E-state index in [1.165, 1.54) is 27.8 Å². The van der Waals surface area contributed by atoms with Gasteiger partial charge in [0.05, 0.1) is 11.2 Å². The second kappa shape index (κ2) is 6.45. The molecular formula is C29H40O. The summed E-state index contributed by atoms with van der Waals surface area (Å²) in [5.41, 5.74) is 7.04. The molecule has 2 atom stereocenters. The predicted octanol–water partition coefficient (Wildman–Crippen LogP) is 7.79. The molecule has 0 aromatic heterocycles. The molecule has 1 fully saturated rings. The summed E-state index contributed by atoms with van der Waals surface area (Å²) >= 11 is 0. The van der Waals surface area contributed by atoms with Crippen molar-refractivity contribution in [1.82, 2.24) is 0 Å². The van der Waals surface area contributed by atoms with E-state index in [0.29, 0.717) is 0 Å². The van der Waals surface area contributed by atoms with Gasteiger partial charge in [0.15, 0.2) is 0 Å². The van der Waals surface area contributed by atoms with Crippen molar-refractivity contribution < 1.29 is 4.74 Å². The number of benzene rings is 2. The van der Waals surface area contributed by atoms with Gasteiger partial charge in [-0.3, -0.25) is 0 Å². The highest BCUT2D eigenvalue weighted by molar-refractivity contribution is 5.56. The van der Waals surface area contributed by atoms with E-state index in [1.54, 1.807) is 0 Å². The Hall–Kier alpha value is -1.60. The summed E-state index contributed by atoms with van der Waals surface area (Å²) in [7, 11) is 0. The molecule has 1 heteroatoms. The molecule has 0 amide bonds. The molecule has 2 bridgehead atoms. The molecule has 30 heavy (non-hydrogen) atoms. The van der Waals surface area contributed by atoms with E-state index in [4.69, 9.17) is 4.74 Å². The Morgan fingerprint density at radius 2 is 1.43 bits per heavy atom. The van der Waals surface area contributed by atoms with Gasteiger partial charge in [0.25, 0.3) is 0 Å². The zero-order valence-electron chi connectivity index (χ0n) is 20.6. The maximum atomic E-state index is 7.29. The third-order valence-electron chi connectivity index (χ3n) is 7.50. The van der Waals surface area contributed by atoms with Gasteiger partial charge in [-0.1, -0.05) is 105 Å². The third-order valence-corrected chi connectivity index (χ3v) is 7.50. The lowest BCUT2D eigenvalue weighted by molar-refractivity contribution is -0.140. The quantitative estimate of drug-likeness (QED) is 0.496. The van der Waals surface area contributed by atoms with Crippen molar-refractivity contribution in [1.29, 1.82) is 0 Å². The van der Waals surface area contributed by atoms with Gasteiger partial charge in [-0.15, -0.1) is 0 Å². The van der Waals surface area contributed by atoms with Crippen LogP contribution >= 0.6 is 0 Å². The smallest absolute Gasteiger partial charge is 0.0996 e. The second-order valence-corrected chi connectivity index (χ2v) is 12.8. The molecule has 2 aliphatic heterocycles. The Labute approximate surface area is 184 Å². The largest absolute Gasteiger partial charge is 0.358 e. The Balaban J connectivity index is 2.03. The van der Waals surface area contributed by atoms with E-state index in [-0.39, 0.29) is 27.4 Å². The minimum Gasteiger partial charge on any atom is -0.358 e. The molecule has 0 N–H and O–H groups in total. The van der Waals surface area contributed by atoms with Gasteiger partial charge in [-0.05, 0) is 56.9 Å². The van der Waals surface area contributed by atoms with Crippen LogP contribution in [0.2, 0.25) is 0 Å². The first-order valence-electron chi connectivity index (χ1n) is 11.6. The van der Waals surface area contributed by atoms with Crippen LogP contribution in [0, 0.1) is 5.41 Å². The average molecular weight is 405 g/mol. The van der Waals surface area contributed by atoms with Crippen molar-refractivity contribution in [2.45, 2.75) is 104 Å². The first-order valence-corrected chi connectivity index (χ1v) is 11.6. The lowest BCUT2D eigenvalue weighted by Crippen LogP contribution is -2.38. The molecule has 2 aliphatic rings. The molecular weight excluding hydrogens is 364 g/mol. The maximum Gasteiger partial charge on any atom is 0.0996 e. The van der Waals surface area contributed by atoms with Crippen molar-refractivity contribution in [3.63, 3.8) is 0 Å². The molecule has 0 radical (unpaired) electrons. The highest BCUT2D eigenvalue weighted by Gasteiger charge is 2.64. The lowest BCUT2D eigenvalue weighted by atomic mass is 9.62. The molecule has 0 saturated carbocycles. The molecule has 2 aromatic rings. The van der Waals surface area contributed by atoms with Crippen LogP contribution in [0.15, 0.2) is 42.5 Å². The molecule has 0 spiro atoms. The zero-order valence-corrected chi connectivity index (χ0v) is 20.6. The third kappa shape index (κ3) is 3.16. The van der Waals surface area contributed by atoms with E-state index < -0.39 is 0 Å². The summed E-state index contributed by atoms with van der Waals surface area (Å²) in [6.07, 6.45) is 3.16. The Morgan fingerprint density at radius 3 is 1.97 bits per heavy atom. The number of rotatable bonds is 2. The topological polar surface area (TPSA) is 9.23 Å². The van der Waals surface area contributed by atoms with Gasteiger partial charge in [0.2, 0.25) is 0 Å². The van der Waals surface area contributed by atoms with E-state index >= 15 is 0 Å². The average Bonchev–Trinajstić information content (AvgIpc) is 3.13. The van der Waals surface area contributed by atoms with Gasteiger partial charge in [-0.25, -0.2) is 0 Å². The zero-order chi connectivity index (χ0) is 22.2. The highest BCUT2D eigenvalue weighted by atomic mass is 16.5. The number of ether oxygens (including phenoxy) is 1. The van der Waals surface area contributed by atoms with Crippen LogP contribution in [0.4, 0.5) is 0 Å². The van der Waals surface area contributed by atoms with Crippen LogP contribution in [0.1, 0.15) is 103 Å². The predicted molar refractivity (Wildman–Crippen MR) is 127 cm³/mol. The van der Waals surface area contributed by atoms with Crippen LogP contribution in [0.5, 0.6) is 0 Å². The summed E-state index contributed by atoms with van der Waals surface area (Å²) in [6.45, 7) is 21.2. The van der Waals surface area contributed by atoms with E-state index in [0.717, 1.165) is 19.3 Å². The number of hydrogen-bond donors (Lipinski definition) is 0. The normalized spacial score (nSPS) is 26.2. The Bertz CT molecular complexity index is 949. The van der Waals surface area contributed by atoms with Crippen molar-refractivity contribution in [2.75, 3.05) is 0 Å². The van der Waals surface area contributed by atoms with E-state index in [9.17, 15) is 0 Å². The summed E-state index contributed by atoms with van der Waals surface area (Å²) in [6, 6.07) is 15.9. The summed E-state index contributed by atoms with van der Waals surface area (Å²) in [4.78, 5) is 0. The number of hydrogen-bond acceptors (Lipinski definition) is 1.